The van der Waals surface area contributed by atoms with Crippen LogP contribution in [0.25, 0.3) is 11.0 Å². The van der Waals surface area contributed by atoms with Gasteiger partial charge in [0, 0.05) is 18.7 Å². The number of aliphatic hydroxyl groups excluding tert-OH is 1. The van der Waals surface area contributed by atoms with Gasteiger partial charge in [-0.05, 0) is 14.0 Å². The van der Waals surface area contributed by atoms with Crippen LogP contribution in [0.4, 0.5) is 8.78 Å². The van der Waals surface area contributed by atoms with Gasteiger partial charge in [0.05, 0.1) is 23.7 Å². The van der Waals surface area contributed by atoms with Crippen LogP contribution in [0.3, 0.4) is 0 Å². The van der Waals surface area contributed by atoms with Gasteiger partial charge in [0.15, 0.2) is 11.6 Å². The third kappa shape index (κ3) is 2.34. The number of H-pyrrole nitrogens is 1. The minimum atomic E-state index is -0.906. The van der Waals surface area contributed by atoms with Gasteiger partial charge in [0.25, 0.3) is 0 Å². The second kappa shape index (κ2) is 4.99. The Morgan fingerprint density at radius 3 is 2.72 bits per heavy atom. The van der Waals surface area contributed by atoms with Crippen LogP contribution in [-0.4, -0.2) is 40.2 Å². The third-order valence-electron chi connectivity index (χ3n) is 3.05. The van der Waals surface area contributed by atoms with Gasteiger partial charge in [-0.1, -0.05) is 0 Å². The Labute approximate surface area is 103 Å². The van der Waals surface area contributed by atoms with E-state index in [4.69, 9.17) is 5.11 Å². The molecule has 1 unspecified atom stereocenters. The summed E-state index contributed by atoms with van der Waals surface area (Å²) >= 11 is 0. The number of aromatic amines is 1. The summed E-state index contributed by atoms with van der Waals surface area (Å²) in [5.74, 6) is -1.18. The molecule has 2 rings (SSSR count). The molecular formula is C12H15F2N3O. The van der Waals surface area contributed by atoms with Gasteiger partial charge >= 0.3 is 0 Å². The largest absolute Gasteiger partial charge is 0.395 e. The first-order valence-corrected chi connectivity index (χ1v) is 5.68. The van der Waals surface area contributed by atoms with Crippen LogP contribution >= 0.6 is 0 Å². The molecule has 0 aliphatic carbocycles. The average molecular weight is 255 g/mol. The number of imidazole rings is 1. The quantitative estimate of drug-likeness (QED) is 0.876. The van der Waals surface area contributed by atoms with Gasteiger partial charge in [-0.25, -0.2) is 13.8 Å². The number of rotatable bonds is 4. The molecule has 1 atom stereocenters. The number of aromatic nitrogens is 2. The van der Waals surface area contributed by atoms with E-state index in [1.54, 1.807) is 0 Å². The molecule has 2 N–H and O–H groups in total. The molecule has 0 bridgehead atoms. The Kier molecular flexibility index (Phi) is 3.58. The van der Waals surface area contributed by atoms with Crippen LogP contribution in [0.5, 0.6) is 0 Å². The molecule has 1 heterocycles. The minimum absolute atomic E-state index is 0.0460. The van der Waals surface area contributed by atoms with Crippen molar-refractivity contribution in [3.05, 3.63) is 29.6 Å². The van der Waals surface area contributed by atoms with E-state index in [2.05, 4.69) is 9.97 Å². The molecule has 98 valence electrons. The SMILES string of the molecule is CC(c1nc2cc(F)c(F)cc2[nH]1)N(C)CCO. The second-order valence-electron chi connectivity index (χ2n) is 4.29. The lowest BCUT2D eigenvalue weighted by Crippen LogP contribution is -2.26. The summed E-state index contributed by atoms with van der Waals surface area (Å²) in [5.41, 5.74) is 0.862. The Hall–Kier alpha value is -1.53. The highest BCUT2D eigenvalue weighted by atomic mass is 19.2. The topological polar surface area (TPSA) is 52.2 Å². The highest BCUT2D eigenvalue weighted by molar-refractivity contribution is 5.75. The number of benzene rings is 1. The van der Waals surface area contributed by atoms with Crippen molar-refractivity contribution in [1.82, 2.24) is 14.9 Å². The number of likely N-dealkylation sites (N-methyl/N-ethyl adjacent to an activating group) is 1. The molecule has 0 amide bonds. The van der Waals surface area contributed by atoms with Crippen molar-refractivity contribution in [2.45, 2.75) is 13.0 Å². The highest BCUT2D eigenvalue weighted by Gasteiger charge is 2.16. The first kappa shape index (κ1) is 12.9. The Morgan fingerprint density at radius 2 is 2.06 bits per heavy atom. The van der Waals surface area contributed by atoms with Crippen LogP contribution in [0.2, 0.25) is 0 Å². The first-order valence-electron chi connectivity index (χ1n) is 5.68. The smallest absolute Gasteiger partial charge is 0.161 e. The molecule has 6 heteroatoms. The summed E-state index contributed by atoms with van der Waals surface area (Å²) in [7, 11) is 1.84. The fourth-order valence-corrected chi connectivity index (χ4v) is 1.78. The van der Waals surface area contributed by atoms with Crippen LogP contribution < -0.4 is 0 Å². The lowest BCUT2D eigenvalue weighted by Gasteiger charge is -2.21. The van der Waals surface area contributed by atoms with Crippen molar-refractivity contribution >= 4 is 11.0 Å². The lowest BCUT2D eigenvalue weighted by atomic mass is 10.3. The normalized spacial score (nSPS) is 13.4. The molecule has 0 saturated carbocycles. The van der Waals surface area contributed by atoms with Gasteiger partial charge < -0.3 is 10.1 Å². The van der Waals surface area contributed by atoms with E-state index in [0.717, 1.165) is 12.1 Å². The Balaban J connectivity index is 2.35. The van der Waals surface area contributed by atoms with Crippen LogP contribution in [0.1, 0.15) is 18.8 Å². The fourth-order valence-electron chi connectivity index (χ4n) is 1.78. The number of nitrogens with zero attached hydrogens (tertiary/aromatic N) is 2. The zero-order valence-corrected chi connectivity index (χ0v) is 10.2. The van der Waals surface area contributed by atoms with E-state index in [0.29, 0.717) is 23.4 Å². The molecule has 18 heavy (non-hydrogen) atoms. The minimum Gasteiger partial charge on any atom is -0.395 e. The fraction of sp³-hybridized carbons (Fsp3) is 0.417. The average Bonchev–Trinajstić information content (AvgIpc) is 2.72. The van der Waals surface area contributed by atoms with Crippen molar-refractivity contribution in [3.63, 3.8) is 0 Å². The zero-order chi connectivity index (χ0) is 13.3. The van der Waals surface area contributed by atoms with Gasteiger partial charge in [-0.15, -0.1) is 0 Å². The number of aliphatic hydroxyl groups is 1. The van der Waals surface area contributed by atoms with Gasteiger partial charge in [0.1, 0.15) is 5.82 Å². The first-order chi connectivity index (χ1) is 8.52. The molecule has 0 fully saturated rings. The third-order valence-corrected chi connectivity index (χ3v) is 3.05. The number of nitrogens with one attached hydrogen (secondary N) is 1. The standard InChI is InChI=1S/C12H15F2N3O/c1-7(17(2)3-4-18)12-15-10-5-8(13)9(14)6-11(10)16-12/h5-7,18H,3-4H2,1-2H3,(H,15,16). The number of halogens is 2. The number of hydrogen-bond acceptors (Lipinski definition) is 3. The van der Waals surface area contributed by atoms with E-state index in [1.807, 2.05) is 18.9 Å². The summed E-state index contributed by atoms with van der Waals surface area (Å²) in [5, 5.41) is 8.87. The summed E-state index contributed by atoms with van der Waals surface area (Å²) in [4.78, 5) is 9.09. The predicted octanol–water partition coefficient (Wildman–Crippen LogP) is 1.83. The van der Waals surface area contributed by atoms with Gasteiger partial charge in [-0.3, -0.25) is 4.90 Å². The molecular weight excluding hydrogens is 240 g/mol. The van der Waals surface area contributed by atoms with E-state index in [1.165, 1.54) is 0 Å². The van der Waals surface area contributed by atoms with E-state index >= 15 is 0 Å². The number of hydrogen-bond donors (Lipinski definition) is 2. The van der Waals surface area contributed by atoms with Crippen molar-refractivity contribution in [2.75, 3.05) is 20.2 Å². The van der Waals surface area contributed by atoms with Crippen molar-refractivity contribution in [2.24, 2.45) is 0 Å². The second-order valence-corrected chi connectivity index (χ2v) is 4.29. The zero-order valence-electron chi connectivity index (χ0n) is 10.2. The van der Waals surface area contributed by atoms with Crippen LogP contribution in [0.15, 0.2) is 12.1 Å². The molecule has 0 saturated heterocycles. The van der Waals surface area contributed by atoms with Gasteiger partial charge in [-0.2, -0.15) is 0 Å². The molecule has 1 aromatic carbocycles. The molecule has 1 aromatic heterocycles. The summed E-state index contributed by atoms with van der Waals surface area (Å²) < 4.78 is 26.1. The highest BCUT2D eigenvalue weighted by Crippen LogP contribution is 2.21. The van der Waals surface area contributed by atoms with E-state index in [9.17, 15) is 8.78 Å². The molecule has 0 spiro atoms. The molecule has 4 nitrogen and oxygen atoms in total. The maximum absolute atomic E-state index is 13.1. The lowest BCUT2D eigenvalue weighted by molar-refractivity contribution is 0.185. The van der Waals surface area contributed by atoms with E-state index in [-0.39, 0.29) is 12.6 Å². The summed E-state index contributed by atoms with van der Waals surface area (Å²) in [6, 6.07) is 2.10. The maximum Gasteiger partial charge on any atom is 0.161 e. The molecule has 0 aliphatic heterocycles. The Bertz CT molecular complexity index is 516. The molecule has 2 aromatic rings. The van der Waals surface area contributed by atoms with Crippen molar-refractivity contribution in [3.8, 4) is 0 Å². The van der Waals surface area contributed by atoms with E-state index < -0.39 is 11.6 Å². The van der Waals surface area contributed by atoms with Crippen molar-refractivity contribution < 1.29 is 13.9 Å². The molecule has 0 aliphatic rings. The van der Waals surface area contributed by atoms with Crippen LogP contribution in [-0.2, 0) is 0 Å². The van der Waals surface area contributed by atoms with Gasteiger partial charge in [0.2, 0.25) is 0 Å². The monoisotopic (exact) mass is 255 g/mol. The van der Waals surface area contributed by atoms with Crippen molar-refractivity contribution in [1.29, 1.82) is 0 Å². The summed E-state index contributed by atoms with van der Waals surface area (Å²) in [6.45, 7) is 2.45. The summed E-state index contributed by atoms with van der Waals surface area (Å²) in [6.07, 6.45) is 0. The predicted molar refractivity (Wildman–Crippen MR) is 64.1 cm³/mol. The Morgan fingerprint density at radius 1 is 1.39 bits per heavy atom. The van der Waals surface area contributed by atoms with Crippen LogP contribution in [0, 0.1) is 11.6 Å². The number of fused-ring (bicyclic) bond motifs is 1. The molecule has 0 radical (unpaired) electrons. The maximum atomic E-state index is 13.1.